The molecule has 120 valence electrons. The van der Waals surface area contributed by atoms with Gasteiger partial charge in [-0.3, -0.25) is 0 Å². The molecule has 0 fully saturated rings. The molecule has 2 N–H and O–H groups in total. The Labute approximate surface area is 130 Å². The van der Waals surface area contributed by atoms with Crippen molar-refractivity contribution in [3.8, 4) is 0 Å². The maximum atomic E-state index is 8.97. The summed E-state index contributed by atoms with van der Waals surface area (Å²) < 4.78 is 0. The van der Waals surface area contributed by atoms with E-state index >= 15 is 0 Å². The van der Waals surface area contributed by atoms with Crippen molar-refractivity contribution in [1.29, 1.82) is 0 Å². The molecule has 1 aromatic rings. The van der Waals surface area contributed by atoms with Crippen LogP contribution in [0.1, 0.15) is 49.4 Å². The minimum Gasteiger partial charge on any atom is -0.396 e. The van der Waals surface area contributed by atoms with Crippen molar-refractivity contribution in [2.24, 2.45) is 0 Å². The summed E-state index contributed by atoms with van der Waals surface area (Å²) in [5.41, 5.74) is 4.06. The first kappa shape index (κ1) is 18.1. The van der Waals surface area contributed by atoms with E-state index in [0.717, 1.165) is 39.0 Å². The Balaban J connectivity index is 2.68. The summed E-state index contributed by atoms with van der Waals surface area (Å²) in [6, 6.07) is 7.23. The molecule has 0 aliphatic heterocycles. The third-order valence-electron chi connectivity index (χ3n) is 3.91. The van der Waals surface area contributed by atoms with Gasteiger partial charge in [-0.2, -0.15) is 0 Å². The van der Waals surface area contributed by atoms with E-state index in [-0.39, 0.29) is 6.61 Å². The van der Waals surface area contributed by atoms with Crippen LogP contribution < -0.4 is 5.32 Å². The van der Waals surface area contributed by atoms with Crippen LogP contribution in [-0.2, 0) is 0 Å². The number of nitrogens with one attached hydrogen (secondary N) is 1. The van der Waals surface area contributed by atoms with Crippen molar-refractivity contribution in [2.75, 3.05) is 32.8 Å². The highest BCUT2D eigenvalue weighted by Gasteiger charge is 2.13. The standard InChI is InChI=1S/C18H32N2O/c1-5-19-18(8-10-20(6-2)9-7-11-21)17-13-15(3)12-16(4)14-17/h12-14,18-19,21H,5-11H2,1-4H3. The maximum Gasteiger partial charge on any atom is 0.0443 e. The van der Waals surface area contributed by atoms with E-state index in [1.165, 1.54) is 16.7 Å². The zero-order chi connectivity index (χ0) is 15.7. The largest absolute Gasteiger partial charge is 0.396 e. The highest BCUT2D eigenvalue weighted by molar-refractivity contribution is 5.30. The molecule has 1 aromatic carbocycles. The molecule has 3 heteroatoms. The van der Waals surface area contributed by atoms with E-state index < -0.39 is 0 Å². The first-order valence-corrected chi connectivity index (χ1v) is 8.25. The average molecular weight is 292 g/mol. The quantitative estimate of drug-likeness (QED) is 0.696. The lowest BCUT2D eigenvalue weighted by Crippen LogP contribution is -2.30. The molecule has 1 atom stereocenters. The molecule has 1 unspecified atom stereocenters. The summed E-state index contributed by atoms with van der Waals surface area (Å²) in [6.07, 6.45) is 1.97. The van der Waals surface area contributed by atoms with E-state index in [0.29, 0.717) is 6.04 Å². The summed E-state index contributed by atoms with van der Waals surface area (Å²) in [5.74, 6) is 0. The number of hydrogen-bond donors (Lipinski definition) is 2. The number of rotatable bonds is 10. The Morgan fingerprint density at radius 2 is 1.76 bits per heavy atom. The molecule has 1 rings (SSSR count). The Morgan fingerprint density at radius 3 is 2.29 bits per heavy atom. The molecule has 0 bridgehead atoms. The highest BCUT2D eigenvalue weighted by atomic mass is 16.3. The lowest BCUT2D eigenvalue weighted by Gasteiger charge is -2.25. The molecule has 0 aromatic heterocycles. The summed E-state index contributed by atoms with van der Waals surface area (Å²) in [5, 5.41) is 12.6. The van der Waals surface area contributed by atoms with Gasteiger partial charge in [-0.1, -0.05) is 43.2 Å². The molecule has 21 heavy (non-hydrogen) atoms. The second-order valence-electron chi connectivity index (χ2n) is 5.83. The minimum absolute atomic E-state index is 0.282. The molecule has 0 aliphatic rings. The predicted molar refractivity (Wildman–Crippen MR) is 90.8 cm³/mol. The molecular formula is C18H32N2O. The van der Waals surface area contributed by atoms with Crippen LogP contribution in [0, 0.1) is 13.8 Å². The fourth-order valence-corrected chi connectivity index (χ4v) is 2.88. The van der Waals surface area contributed by atoms with Crippen molar-refractivity contribution < 1.29 is 5.11 Å². The van der Waals surface area contributed by atoms with Crippen LogP contribution in [0.25, 0.3) is 0 Å². The van der Waals surface area contributed by atoms with Gasteiger partial charge in [0.15, 0.2) is 0 Å². The SMILES string of the molecule is CCNC(CCN(CC)CCCO)c1cc(C)cc(C)c1. The third-order valence-corrected chi connectivity index (χ3v) is 3.91. The number of nitrogens with zero attached hydrogens (tertiary/aromatic N) is 1. The van der Waals surface area contributed by atoms with E-state index in [4.69, 9.17) is 5.11 Å². The minimum atomic E-state index is 0.282. The summed E-state index contributed by atoms with van der Waals surface area (Å²) in [6.45, 7) is 13.1. The Bertz CT molecular complexity index is 386. The number of benzene rings is 1. The van der Waals surface area contributed by atoms with Gasteiger partial charge in [0.25, 0.3) is 0 Å². The van der Waals surface area contributed by atoms with Crippen LogP contribution >= 0.6 is 0 Å². The molecule has 0 radical (unpaired) electrons. The first-order valence-electron chi connectivity index (χ1n) is 8.25. The zero-order valence-corrected chi connectivity index (χ0v) is 14.2. The maximum absolute atomic E-state index is 8.97. The van der Waals surface area contributed by atoms with E-state index in [1.54, 1.807) is 0 Å². The fourth-order valence-electron chi connectivity index (χ4n) is 2.88. The molecule has 3 nitrogen and oxygen atoms in total. The molecule has 0 spiro atoms. The summed E-state index contributed by atoms with van der Waals surface area (Å²) >= 11 is 0. The van der Waals surface area contributed by atoms with Crippen LogP contribution in [0.15, 0.2) is 18.2 Å². The number of aliphatic hydroxyl groups excluding tert-OH is 1. The number of aryl methyl sites for hydroxylation is 2. The number of hydrogen-bond acceptors (Lipinski definition) is 3. The van der Waals surface area contributed by atoms with Crippen molar-refractivity contribution in [1.82, 2.24) is 10.2 Å². The Morgan fingerprint density at radius 1 is 1.10 bits per heavy atom. The van der Waals surface area contributed by atoms with Gasteiger partial charge in [-0.15, -0.1) is 0 Å². The second-order valence-corrected chi connectivity index (χ2v) is 5.83. The van der Waals surface area contributed by atoms with Crippen LogP contribution in [0.4, 0.5) is 0 Å². The van der Waals surface area contributed by atoms with Gasteiger partial charge in [0.2, 0.25) is 0 Å². The van der Waals surface area contributed by atoms with Gasteiger partial charge >= 0.3 is 0 Å². The van der Waals surface area contributed by atoms with Crippen LogP contribution in [-0.4, -0.2) is 42.8 Å². The van der Waals surface area contributed by atoms with Crippen molar-refractivity contribution in [2.45, 2.75) is 46.6 Å². The van der Waals surface area contributed by atoms with Gasteiger partial charge in [-0.05, 0) is 51.9 Å². The first-order chi connectivity index (χ1) is 10.1. The van der Waals surface area contributed by atoms with Crippen molar-refractivity contribution in [3.63, 3.8) is 0 Å². The molecule has 0 amide bonds. The summed E-state index contributed by atoms with van der Waals surface area (Å²) in [7, 11) is 0. The van der Waals surface area contributed by atoms with Crippen molar-refractivity contribution in [3.05, 3.63) is 34.9 Å². The molecular weight excluding hydrogens is 260 g/mol. The predicted octanol–water partition coefficient (Wildman–Crippen LogP) is 3.05. The molecule has 0 aliphatic carbocycles. The third kappa shape index (κ3) is 6.60. The Hall–Kier alpha value is -0.900. The van der Waals surface area contributed by atoms with E-state index in [1.807, 2.05) is 0 Å². The normalized spacial score (nSPS) is 12.9. The van der Waals surface area contributed by atoms with Gasteiger partial charge < -0.3 is 15.3 Å². The lowest BCUT2D eigenvalue weighted by atomic mass is 9.99. The fraction of sp³-hybridized carbons (Fsp3) is 0.667. The molecule has 0 saturated carbocycles. The topological polar surface area (TPSA) is 35.5 Å². The molecule has 0 heterocycles. The highest BCUT2D eigenvalue weighted by Crippen LogP contribution is 2.20. The van der Waals surface area contributed by atoms with Crippen molar-refractivity contribution >= 4 is 0 Å². The van der Waals surface area contributed by atoms with Crippen LogP contribution in [0.3, 0.4) is 0 Å². The van der Waals surface area contributed by atoms with Crippen LogP contribution in [0.2, 0.25) is 0 Å². The Kier molecular flexibility index (Phi) is 8.58. The van der Waals surface area contributed by atoms with Gasteiger partial charge in [-0.25, -0.2) is 0 Å². The lowest BCUT2D eigenvalue weighted by molar-refractivity contribution is 0.223. The van der Waals surface area contributed by atoms with E-state index in [9.17, 15) is 0 Å². The van der Waals surface area contributed by atoms with E-state index in [2.05, 4.69) is 56.1 Å². The van der Waals surface area contributed by atoms with Gasteiger partial charge in [0.05, 0.1) is 0 Å². The average Bonchev–Trinajstić information content (AvgIpc) is 2.45. The smallest absolute Gasteiger partial charge is 0.0443 e. The molecule has 0 saturated heterocycles. The second kappa shape index (κ2) is 9.93. The number of aliphatic hydroxyl groups is 1. The summed E-state index contributed by atoms with van der Waals surface area (Å²) in [4.78, 5) is 2.42. The van der Waals surface area contributed by atoms with Gasteiger partial charge in [0.1, 0.15) is 0 Å². The monoisotopic (exact) mass is 292 g/mol. The van der Waals surface area contributed by atoms with Gasteiger partial charge in [0, 0.05) is 19.2 Å². The zero-order valence-electron chi connectivity index (χ0n) is 14.2. The van der Waals surface area contributed by atoms with Crippen LogP contribution in [0.5, 0.6) is 0 Å².